The zero-order chi connectivity index (χ0) is 14.2. The lowest BCUT2D eigenvalue weighted by molar-refractivity contribution is 0.0689. The van der Waals surface area contributed by atoms with E-state index in [9.17, 15) is 9.18 Å². The van der Waals surface area contributed by atoms with E-state index in [1.165, 1.54) is 10.7 Å². The van der Waals surface area contributed by atoms with Crippen LogP contribution in [0, 0.1) is 12.7 Å². The topological polar surface area (TPSA) is 68.0 Å². The summed E-state index contributed by atoms with van der Waals surface area (Å²) in [6.07, 6.45) is 0.461. The second kappa shape index (κ2) is 5.08. The summed E-state index contributed by atoms with van der Waals surface area (Å²) in [5.41, 5.74) is 1.65. The molecule has 1 aromatic heterocycles. The van der Waals surface area contributed by atoms with Gasteiger partial charge in [0.25, 0.3) is 0 Å². The normalized spacial score (nSPS) is 10.7. The van der Waals surface area contributed by atoms with Gasteiger partial charge >= 0.3 is 5.97 Å². The Morgan fingerprint density at radius 1 is 1.53 bits per heavy atom. The van der Waals surface area contributed by atoms with E-state index >= 15 is 0 Å². The lowest BCUT2D eigenvalue weighted by Gasteiger charge is -2.09. The van der Waals surface area contributed by atoms with Gasteiger partial charge in [-0.1, -0.05) is 12.1 Å². The highest BCUT2D eigenvalue weighted by molar-refractivity contribution is 9.10. The molecule has 0 aliphatic heterocycles. The molecule has 0 aliphatic carbocycles. The molecule has 7 heteroatoms. The van der Waals surface area contributed by atoms with Gasteiger partial charge in [0.1, 0.15) is 5.82 Å². The molecule has 0 bridgehead atoms. The van der Waals surface area contributed by atoms with Crippen LogP contribution >= 0.6 is 15.9 Å². The highest BCUT2D eigenvalue weighted by Gasteiger charge is 2.19. The highest BCUT2D eigenvalue weighted by atomic mass is 79.9. The van der Waals surface area contributed by atoms with Crippen LogP contribution in [0.5, 0.6) is 0 Å². The Morgan fingerprint density at radius 3 is 2.79 bits per heavy atom. The van der Waals surface area contributed by atoms with Gasteiger partial charge in [-0.05, 0) is 47.0 Å². The number of carboxylic acid groups (broad SMARTS) is 1. The second-order valence-electron chi connectivity index (χ2n) is 4.01. The Bertz CT molecular complexity index is 655. The van der Waals surface area contributed by atoms with Crippen LogP contribution in [0.4, 0.5) is 4.39 Å². The monoisotopic (exact) mass is 327 g/mol. The summed E-state index contributed by atoms with van der Waals surface area (Å²) in [7, 11) is 0. The molecule has 1 aromatic carbocycles. The summed E-state index contributed by atoms with van der Waals surface area (Å²) in [4.78, 5) is 11.0. The fourth-order valence-electron chi connectivity index (χ4n) is 1.84. The molecule has 0 amide bonds. The van der Waals surface area contributed by atoms with Crippen LogP contribution in [0.3, 0.4) is 0 Å². The SMILES string of the molecule is CCc1c(C(=O)O)nnn1-c1cc(Br)c(F)cc1C. The third-order valence-electron chi connectivity index (χ3n) is 2.77. The molecule has 0 unspecified atom stereocenters. The van der Waals surface area contributed by atoms with Crippen molar-refractivity contribution in [1.82, 2.24) is 15.0 Å². The zero-order valence-electron chi connectivity index (χ0n) is 10.3. The van der Waals surface area contributed by atoms with E-state index in [0.29, 0.717) is 27.8 Å². The van der Waals surface area contributed by atoms with Crippen molar-refractivity contribution in [3.8, 4) is 5.69 Å². The summed E-state index contributed by atoms with van der Waals surface area (Å²) in [5.74, 6) is -1.50. The van der Waals surface area contributed by atoms with Crippen LogP contribution in [0.15, 0.2) is 16.6 Å². The first-order valence-electron chi connectivity index (χ1n) is 5.59. The zero-order valence-corrected chi connectivity index (χ0v) is 11.9. The molecule has 0 aliphatic rings. The van der Waals surface area contributed by atoms with Crippen LogP contribution < -0.4 is 0 Å². The van der Waals surface area contributed by atoms with Crippen LogP contribution in [0.1, 0.15) is 28.7 Å². The molecule has 19 heavy (non-hydrogen) atoms. The van der Waals surface area contributed by atoms with E-state index in [-0.39, 0.29) is 11.5 Å². The van der Waals surface area contributed by atoms with E-state index in [2.05, 4.69) is 26.2 Å². The number of halogens is 2. The predicted molar refractivity (Wildman–Crippen MR) is 70.1 cm³/mol. The van der Waals surface area contributed by atoms with Gasteiger partial charge in [-0.15, -0.1) is 5.10 Å². The number of rotatable bonds is 3. The molecule has 5 nitrogen and oxygen atoms in total. The average molecular weight is 328 g/mol. The number of aryl methyl sites for hydroxylation is 1. The smallest absolute Gasteiger partial charge is 0.358 e. The van der Waals surface area contributed by atoms with Gasteiger partial charge in [-0.3, -0.25) is 0 Å². The minimum Gasteiger partial charge on any atom is -0.476 e. The Labute approximate surface area is 117 Å². The van der Waals surface area contributed by atoms with Gasteiger partial charge in [0.15, 0.2) is 5.69 Å². The molecule has 0 atom stereocenters. The number of aromatic carboxylic acids is 1. The van der Waals surface area contributed by atoms with Crippen molar-refractivity contribution in [2.75, 3.05) is 0 Å². The quantitative estimate of drug-likeness (QED) is 0.941. The number of carbonyl (C=O) groups is 1. The van der Waals surface area contributed by atoms with Crippen molar-refractivity contribution >= 4 is 21.9 Å². The van der Waals surface area contributed by atoms with E-state index in [0.717, 1.165) is 0 Å². The number of benzene rings is 1. The molecule has 0 saturated carbocycles. The lowest BCUT2D eigenvalue weighted by Crippen LogP contribution is -2.07. The third-order valence-corrected chi connectivity index (χ3v) is 3.38. The molecule has 0 spiro atoms. The highest BCUT2D eigenvalue weighted by Crippen LogP contribution is 2.24. The number of nitrogens with zero attached hydrogens (tertiary/aromatic N) is 3. The van der Waals surface area contributed by atoms with Crippen LogP contribution in [0.25, 0.3) is 5.69 Å². The first-order valence-corrected chi connectivity index (χ1v) is 6.38. The van der Waals surface area contributed by atoms with Crippen molar-refractivity contribution < 1.29 is 14.3 Å². The van der Waals surface area contributed by atoms with Gasteiger partial charge < -0.3 is 5.11 Å². The van der Waals surface area contributed by atoms with Crippen molar-refractivity contribution in [3.63, 3.8) is 0 Å². The molecular formula is C12H11BrFN3O2. The Balaban J connectivity index is 2.66. The van der Waals surface area contributed by atoms with E-state index in [4.69, 9.17) is 5.11 Å². The first-order chi connectivity index (χ1) is 8.95. The largest absolute Gasteiger partial charge is 0.476 e. The van der Waals surface area contributed by atoms with Crippen molar-refractivity contribution in [2.24, 2.45) is 0 Å². The van der Waals surface area contributed by atoms with Gasteiger partial charge in [0.2, 0.25) is 0 Å². The van der Waals surface area contributed by atoms with Crippen molar-refractivity contribution in [1.29, 1.82) is 0 Å². The van der Waals surface area contributed by atoms with E-state index < -0.39 is 5.97 Å². The fraction of sp³-hybridized carbons (Fsp3) is 0.250. The summed E-state index contributed by atoms with van der Waals surface area (Å²) in [6.45, 7) is 3.54. The van der Waals surface area contributed by atoms with Gasteiger partial charge in [-0.25, -0.2) is 13.9 Å². The summed E-state index contributed by atoms with van der Waals surface area (Å²) >= 11 is 3.11. The molecule has 0 saturated heterocycles. The summed E-state index contributed by atoms with van der Waals surface area (Å²) in [5, 5.41) is 16.6. The maximum atomic E-state index is 13.4. The molecule has 1 heterocycles. The molecule has 0 radical (unpaired) electrons. The first kappa shape index (κ1) is 13.7. The molecule has 1 N–H and O–H groups in total. The lowest BCUT2D eigenvalue weighted by atomic mass is 10.2. The predicted octanol–water partition coefficient (Wildman–Crippen LogP) is 2.74. The fourth-order valence-corrected chi connectivity index (χ4v) is 2.17. The van der Waals surface area contributed by atoms with Crippen LogP contribution in [-0.4, -0.2) is 26.1 Å². The number of aromatic nitrogens is 3. The van der Waals surface area contributed by atoms with Crippen molar-refractivity contribution in [3.05, 3.63) is 39.4 Å². The maximum Gasteiger partial charge on any atom is 0.358 e. The third kappa shape index (κ3) is 2.37. The number of carboxylic acids is 1. The molecule has 2 rings (SSSR count). The van der Waals surface area contributed by atoms with E-state index in [1.54, 1.807) is 13.0 Å². The standard InChI is InChI=1S/C12H11BrFN3O2/c1-3-9-11(12(18)19)15-16-17(9)10-5-7(13)8(14)4-6(10)2/h4-5H,3H2,1-2H3,(H,18,19). The minimum absolute atomic E-state index is 0.0812. The van der Waals surface area contributed by atoms with Crippen molar-refractivity contribution in [2.45, 2.75) is 20.3 Å². The maximum absolute atomic E-state index is 13.4. The van der Waals surface area contributed by atoms with E-state index in [1.807, 2.05) is 6.92 Å². The van der Waals surface area contributed by atoms with Gasteiger partial charge in [-0.2, -0.15) is 0 Å². The van der Waals surface area contributed by atoms with Gasteiger partial charge in [0.05, 0.1) is 15.9 Å². The summed E-state index contributed by atoms with van der Waals surface area (Å²) < 4.78 is 15.1. The summed E-state index contributed by atoms with van der Waals surface area (Å²) in [6, 6.07) is 2.92. The Hall–Kier alpha value is -1.76. The van der Waals surface area contributed by atoms with Crippen LogP contribution in [0.2, 0.25) is 0 Å². The second-order valence-corrected chi connectivity index (χ2v) is 4.86. The molecular weight excluding hydrogens is 317 g/mol. The molecule has 0 fully saturated rings. The number of hydrogen-bond donors (Lipinski definition) is 1. The van der Waals surface area contributed by atoms with Crippen LogP contribution in [-0.2, 0) is 6.42 Å². The minimum atomic E-state index is -1.12. The number of hydrogen-bond acceptors (Lipinski definition) is 3. The average Bonchev–Trinajstić information content (AvgIpc) is 2.77. The Morgan fingerprint density at radius 2 is 2.21 bits per heavy atom. The molecule has 2 aromatic rings. The Kier molecular flexibility index (Phi) is 3.66. The van der Waals surface area contributed by atoms with Gasteiger partial charge in [0, 0.05) is 0 Å². The molecule has 100 valence electrons.